The Morgan fingerprint density at radius 3 is 2.15 bits per heavy atom. The van der Waals surface area contributed by atoms with Gasteiger partial charge >= 0.3 is 12.0 Å². The molecule has 1 saturated carbocycles. The SMILES string of the molecule is O=C(COC(=O)C1(c2ccccc2)CC1)NC(=O)NCc1ccccc1. The number of urea groups is 1. The molecule has 1 aliphatic carbocycles. The van der Waals surface area contributed by atoms with Crippen molar-refractivity contribution in [1.29, 1.82) is 0 Å². The fourth-order valence-corrected chi connectivity index (χ4v) is 2.75. The molecule has 1 aliphatic rings. The van der Waals surface area contributed by atoms with Crippen molar-refractivity contribution in [2.75, 3.05) is 6.61 Å². The Morgan fingerprint density at radius 2 is 1.54 bits per heavy atom. The predicted octanol–water partition coefficient (Wildman–Crippen LogP) is 2.29. The third kappa shape index (κ3) is 4.27. The van der Waals surface area contributed by atoms with Crippen molar-refractivity contribution in [2.24, 2.45) is 0 Å². The van der Waals surface area contributed by atoms with Crippen LogP contribution in [-0.4, -0.2) is 24.5 Å². The van der Waals surface area contributed by atoms with Gasteiger partial charge in [-0.1, -0.05) is 60.7 Å². The molecule has 3 amide bonds. The molecule has 26 heavy (non-hydrogen) atoms. The Kier molecular flexibility index (Phi) is 5.31. The number of hydrogen-bond donors (Lipinski definition) is 2. The number of amides is 3. The van der Waals surface area contributed by atoms with E-state index in [1.807, 2.05) is 60.7 Å². The molecule has 0 radical (unpaired) electrons. The minimum Gasteiger partial charge on any atom is -0.455 e. The van der Waals surface area contributed by atoms with Gasteiger partial charge in [-0.15, -0.1) is 0 Å². The summed E-state index contributed by atoms with van der Waals surface area (Å²) in [4.78, 5) is 35.8. The molecule has 0 aliphatic heterocycles. The smallest absolute Gasteiger partial charge is 0.321 e. The third-order valence-electron chi connectivity index (χ3n) is 4.35. The van der Waals surface area contributed by atoms with Gasteiger partial charge in [0, 0.05) is 6.54 Å². The zero-order valence-corrected chi connectivity index (χ0v) is 14.2. The van der Waals surface area contributed by atoms with Crippen LogP contribution in [0.15, 0.2) is 60.7 Å². The minimum atomic E-state index is -0.659. The Labute approximate surface area is 151 Å². The van der Waals surface area contributed by atoms with Gasteiger partial charge in [-0.2, -0.15) is 0 Å². The first-order valence-corrected chi connectivity index (χ1v) is 8.44. The molecule has 0 spiro atoms. The van der Waals surface area contributed by atoms with Crippen LogP contribution in [0.1, 0.15) is 24.0 Å². The molecule has 1 fully saturated rings. The molecule has 0 saturated heterocycles. The summed E-state index contributed by atoms with van der Waals surface area (Å²) in [7, 11) is 0. The normalized spacial score (nSPS) is 14.2. The molecule has 0 heterocycles. The summed E-state index contributed by atoms with van der Waals surface area (Å²) in [6.07, 6.45) is 1.41. The van der Waals surface area contributed by atoms with Crippen molar-refractivity contribution in [3.8, 4) is 0 Å². The van der Waals surface area contributed by atoms with Gasteiger partial charge < -0.3 is 10.1 Å². The van der Waals surface area contributed by atoms with Gasteiger partial charge in [0.2, 0.25) is 0 Å². The first-order valence-electron chi connectivity index (χ1n) is 8.44. The van der Waals surface area contributed by atoms with Crippen LogP contribution in [0.2, 0.25) is 0 Å². The van der Waals surface area contributed by atoms with Crippen LogP contribution in [0.4, 0.5) is 4.79 Å². The average molecular weight is 352 g/mol. The standard InChI is InChI=1S/C20H20N2O4/c23-17(22-19(25)21-13-15-7-3-1-4-8-15)14-26-18(24)20(11-12-20)16-9-5-2-6-10-16/h1-10H,11-14H2,(H2,21,22,23,25). The Morgan fingerprint density at radius 1 is 0.923 bits per heavy atom. The molecule has 3 rings (SSSR count). The zero-order chi connectivity index (χ0) is 18.4. The fourth-order valence-electron chi connectivity index (χ4n) is 2.75. The second-order valence-electron chi connectivity index (χ2n) is 6.24. The van der Waals surface area contributed by atoms with E-state index in [4.69, 9.17) is 4.74 Å². The van der Waals surface area contributed by atoms with Gasteiger partial charge in [0.25, 0.3) is 5.91 Å². The molecule has 0 atom stereocenters. The van der Waals surface area contributed by atoms with Crippen molar-refractivity contribution >= 4 is 17.9 Å². The number of esters is 1. The van der Waals surface area contributed by atoms with E-state index in [-0.39, 0.29) is 0 Å². The van der Waals surface area contributed by atoms with E-state index in [9.17, 15) is 14.4 Å². The molecular weight excluding hydrogens is 332 g/mol. The molecule has 0 bridgehead atoms. The molecule has 2 aromatic carbocycles. The molecule has 2 aromatic rings. The number of nitrogens with one attached hydrogen (secondary N) is 2. The number of imide groups is 1. The van der Waals surface area contributed by atoms with Crippen LogP contribution in [-0.2, 0) is 26.3 Å². The summed E-state index contributed by atoms with van der Waals surface area (Å²) in [5, 5.41) is 4.73. The van der Waals surface area contributed by atoms with Gasteiger partial charge in [-0.05, 0) is 24.0 Å². The molecule has 0 aromatic heterocycles. The summed E-state index contributed by atoms with van der Waals surface area (Å²) in [6.45, 7) is -0.178. The molecular formula is C20H20N2O4. The van der Waals surface area contributed by atoms with Crippen molar-refractivity contribution in [3.63, 3.8) is 0 Å². The monoisotopic (exact) mass is 352 g/mol. The van der Waals surface area contributed by atoms with Crippen LogP contribution in [0.25, 0.3) is 0 Å². The summed E-state index contributed by atoms with van der Waals surface area (Å²) in [5.41, 5.74) is 1.17. The van der Waals surface area contributed by atoms with Gasteiger partial charge in [0.05, 0.1) is 5.41 Å². The van der Waals surface area contributed by atoms with E-state index in [1.54, 1.807) is 0 Å². The van der Waals surface area contributed by atoms with Gasteiger partial charge in [0.15, 0.2) is 6.61 Å². The fraction of sp³-hybridized carbons (Fsp3) is 0.250. The molecule has 6 heteroatoms. The van der Waals surface area contributed by atoms with E-state index in [2.05, 4.69) is 10.6 Å². The lowest BCUT2D eigenvalue weighted by Gasteiger charge is -2.14. The maximum atomic E-state index is 12.3. The van der Waals surface area contributed by atoms with Gasteiger partial charge in [-0.25, -0.2) is 4.79 Å². The topological polar surface area (TPSA) is 84.5 Å². The van der Waals surface area contributed by atoms with Crippen molar-refractivity contribution in [1.82, 2.24) is 10.6 Å². The Balaban J connectivity index is 1.42. The Bertz CT molecular complexity index is 786. The lowest BCUT2D eigenvalue weighted by atomic mass is 9.96. The summed E-state index contributed by atoms with van der Waals surface area (Å²) in [5.74, 6) is -1.09. The average Bonchev–Trinajstić information content (AvgIpc) is 3.48. The predicted molar refractivity (Wildman–Crippen MR) is 95.1 cm³/mol. The van der Waals surface area contributed by atoms with Crippen LogP contribution < -0.4 is 10.6 Å². The molecule has 0 unspecified atom stereocenters. The van der Waals surface area contributed by atoms with Gasteiger partial charge in [0.1, 0.15) is 0 Å². The highest BCUT2D eigenvalue weighted by Gasteiger charge is 2.52. The number of carbonyl (C=O) groups is 3. The third-order valence-corrected chi connectivity index (χ3v) is 4.35. The quantitative estimate of drug-likeness (QED) is 0.781. The lowest BCUT2D eigenvalue weighted by molar-refractivity contribution is -0.150. The first kappa shape index (κ1) is 17.7. The van der Waals surface area contributed by atoms with Crippen molar-refractivity contribution < 1.29 is 19.1 Å². The molecule has 2 N–H and O–H groups in total. The van der Waals surface area contributed by atoms with Crippen LogP contribution >= 0.6 is 0 Å². The molecule has 134 valence electrons. The second-order valence-corrected chi connectivity index (χ2v) is 6.24. The minimum absolute atomic E-state index is 0.302. The number of ether oxygens (including phenoxy) is 1. The largest absolute Gasteiger partial charge is 0.455 e. The Hall–Kier alpha value is -3.15. The maximum Gasteiger partial charge on any atom is 0.321 e. The lowest BCUT2D eigenvalue weighted by Crippen LogP contribution is -2.41. The van der Waals surface area contributed by atoms with Crippen LogP contribution in [0, 0.1) is 0 Å². The number of benzene rings is 2. The van der Waals surface area contributed by atoms with E-state index in [0.29, 0.717) is 19.4 Å². The zero-order valence-electron chi connectivity index (χ0n) is 14.2. The van der Waals surface area contributed by atoms with E-state index >= 15 is 0 Å². The second kappa shape index (κ2) is 7.82. The van der Waals surface area contributed by atoms with Crippen molar-refractivity contribution in [3.05, 3.63) is 71.8 Å². The van der Waals surface area contributed by atoms with Gasteiger partial charge in [-0.3, -0.25) is 14.9 Å². The summed E-state index contributed by atoms with van der Waals surface area (Å²) < 4.78 is 5.12. The number of rotatable bonds is 6. The number of hydrogen-bond acceptors (Lipinski definition) is 4. The highest BCUT2D eigenvalue weighted by molar-refractivity contribution is 5.96. The number of carbonyl (C=O) groups excluding carboxylic acids is 3. The first-order chi connectivity index (χ1) is 12.6. The van der Waals surface area contributed by atoms with Crippen LogP contribution in [0.5, 0.6) is 0 Å². The van der Waals surface area contributed by atoms with E-state index in [0.717, 1.165) is 11.1 Å². The highest BCUT2D eigenvalue weighted by atomic mass is 16.5. The van der Waals surface area contributed by atoms with E-state index < -0.39 is 29.9 Å². The highest BCUT2D eigenvalue weighted by Crippen LogP contribution is 2.49. The van der Waals surface area contributed by atoms with Crippen LogP contribution in [0.3, 0.4) is 0 Å². The summed E-state index contributed by atoms with van der Waals surface area (Å²) >= 11 is 0. The van der Waals surface area contributed by atoms with E-state index in [1.165, 1.54) is 0 Å². The maximum absolute atomic E-state index is 12.3. The van der Waals surface area contributed by atoms with Crippen molar-refractivity contribution in [2.45, 2.75) is 24.8 Å². The summed E-state index contributed by atoms with van der Waals surface area (Å²) in [6, 6.07) is 18.1. The molecule has 6 nitrogen and oxygen atoms in total.